The quantitative estimate of drug-likeness (QED) is 0.497. The second-order valence-electron chi connectivity index (χ2n) is 7.75. The monoisotopic (exact) mass is 449 g/mol. The van der Waals surface area contributed by atoms with Crippen LogP contribution in [-0.4, -0.2) is 47.7 Å². The van der Waals surface area contributed by atoms with E-state index in [0.29, 0.717) is 0 Å². The van der Waals surface area contributed by atoms with Gasteiger partial charge in [0.05, 0.1) is 6.42 Å². The molecule has 0 saturated carbocycles. The molecule has 0 aliphatic carbocycles. The number of hydrogen-bond donors (Lipinski definition) is 2. The maximum absolute atomic E-state index is 13.4. The minimum absolute atomic E-state index is 0.0363. The summed E-state index contributed by atoms with van der Waals surface area (Å²) in [6, 6.07) is 15.6. The van der Waals surface area contributed by atoms with Crippen LogP contribution < -0.4 is 10.6 Å². The summed E-state index contributed by atoms with van der Waals surface area (Å²) in [6.07, 6.45) is 1.29. The first-order valence-electron chi connectivity index (χ1n) is 10.7. The molecular formula is C25H27N3O5. The van der Waals surface area contributed by atoms with E-state index in [1.807, 2.05) is 61.5 Å². The highest BCUT2D eigenvalue weighted by Crippen LogP contribution is 2.17. The third-order valence-corrected chi connectivity index (χ3v) is 5.22. The van der Waals surface area contributed by atoms with E-state index in [-0.39, 0.29) is 31.8 Å². The molecule has 1 unspecified atom stereocenters. The predicted octanol–water partition coefficient (Wildman–Crippen LogP) is 1.93. The van der Waals surface area contributed by atoms with Gasteiger partial charge in [0, 0.05) is 20.0 Å². The van der Waals surface area contributed by atoms with Gasteiger partial charge >= 0.3 is 5.97 Å². The number of hydrogen-bond acceptors (Lipinski definition) is 5. The van der Waals surface area contributed by atoms with Gasteiger partial charge in [-0.3, -0.25) is 19.2 Å². The molecule has 172 valence electrons. The molecule has 33 heavy (non-hydrogen) atoms. The zero-order valence-corrected chi connectivity index (χ0v) is 18.7. The fraction of sp³-hybridized carbons (Fsp3) is 0.280. The molecule has 1 aliphatic rings. The van der Waals surface area contributed by atoms with Crippen LogP contribution in [0.4, 0.5) is 0 Å². The van der Waals surface area contributed by atoms with E-state index < -0.39 is 29.7 Å². The summed E-state index contributed by atoms with van der Waals surface area (Å²) in [6.45, 7) is 3.72. The molecule has 2 aromatic carbocycles. The van der Waals surface area contributed by atoms with Gasteiger partial charge in [-0.05, 0) is 29.7 Å². The Hall–Kier alpha value is -3.94. The summed E-state index contributed by atoms with van der Waals surface area (Å²) in [4.78, 5) is 51.5. The highest BCUT2D eigenvalue weighted by molar-refractivity contribution is 6.03. The number of aryl methyl sites for hydroxylation is 1. The van der Waals surface area contributed by atoms with Crippen molar-refractivity contribution in [3.8, 4) is 0 Å². The van der Waals surface area contributed by atoms with E-state index in [1.165, 1.54) is 11.8 Å². The standard InChI is InChI=1S/C25H27N3O5/c1-17-8-6-7-11-20(17)14-21(27-18(2)29)25(32)28-13-12-26-24(31)22(28)15-23(30)33-16-19-9-4-3-5-10-19/h3-11,14,22H,12-13,15-16H2,1-2H3,(H,26,31)(H,27,29)/b21-14-. The van der Waals surface area contributed by atoms with E-state index in [2.05, 4.69) is 10.6 Å². The van der Waals surface area contributed by atoms with Crippen molar-refractivity contribution in [1.29, 1.82) is 0 Å². The van der Waals surface area contributed by atoms with Crippen LogP contribution in [0, 0.1) is 6.92 Å². The first-order chi connectivity index (χ1) is 15.8. The van der Waals surface area contributed by atoms with Crippen LogP contribution in [-0.2, 0) is 30.5 Å². The lowest BCUT2D eigenvalue weighted by Crippen LogP contribution is -2.58. The minimum Gasteiger partial charge on any atom is -0.461 e. The number of piperazine rings is 1. The molecule has 1 aliphatic heterocycles. The second kappa shape index (κ2) is 11.1. The van der Waals surface area contributed by atoms with Crippen molar-refractivity contribution in [3.05, 3.63) is 77.0 Å². The Balaban J connectivity index is 1.78. The van der Waals surface area contributed by atoms with Gasteiger partial charge in [-0.2, -0.15) is 0 Å². The summed E-state index contributed by atoms with van der Waals surface area (Å²) in [5.41, 5.74) is 2.54. The zero-order valence-electron chi connectivity index (χ0n) is 18.7. The molecule has 0 bridgehead atoms. The van der Waals surface area contributed by atoms with Gasteiger partial charge in [-0.15, -0.1) is 0 Å². The van der Waals surface area contributed by atoms with Gasteiger partial charge in [0.25, 0.3) is 5.91 Å². The molecule has 1 fully saturated rings. The predicted molar refractivity (Wildman–Crippen MR) is 122 cm³/mol. The molecule has 1 heterocycles. The van der Waals surface area contributed by atoms with Crippen molar-refractivity contribution in [2.24, 2.45) is 0 Å². The molecule has 1 saturated heterocycles. The first kappa shape index (κ1) is 23.7. The fourth-order valence-electron chi connectivity index (χ4n) is 3.52. The summed E-state index contributed by atoms with van der Waals surface area (Å²) in [7, 11) is 0. The topological polar surface area (TPSA) is 105 Å². The van der Waals surface area contributed by atoms with Gasteiger partial charge in [0.15, 0.2) is 0 Å². The van der Waals surface area contributed by atoms with Crippen LogP contribution in [0.2, 0.25) is 0 Å². The number of nitrogens with one attached hydrogen (secondary N) is 2. The van der Waals surface area contributed by atoms with Crippen molar-refractivity contribution in [2.45, 2.75) is 32.9 Å². The SMILES string of the molecule is CC(=O)N/C(=C\c1ccccc1C)C(=O)N1CCNC(=O)C1CC(=O)OCc1ccccc1. The van der Waals surface area contributed by atoms with Gasteiger partial charge < -0.3 is 20.3 Å². The molecular weight excluding hydrogens is 422 g/mol. The molecule has 8 nitrogen and oxygen atoms in total. The van der Waals surface area contributed by atoms with Crippen LogP contribution in [0.3, 0.4) is 0 Å². The van der Waals surface area contributed by atoms with E-state index in [0.717, 1.165) is 16.7 Å². The largest absolute Gasteiger partial charge is 0.461 e. The van der Waals surface area contributed by atoms with Crippen molar-refractivity contribution >= 4 is 29.8 Å². The van der Waals surface area contributed by atoms with Crippen molar-refractivity contribution < 1.29 is 23.9 Å². The molecule has 0 aromatic heterocycles. The molecule has 2 aromatic rings. The lowest BCUT2D eigenvalue weighted by atomic mass is 10.1. The van der Waals surface area contributed by atoms with Gasteiger partial charge in [0.2, 0.25) is 11.8 Å². The van der Waals surface area contributed by atoms with Crippen LogP contribution in [0.5, 0.6) is 0 Å². The highest BCUT2D eigenvalue weighted by Gasteiger charge is 2.36. The van der Waals surface area contributed by atoms with E-state index in [4.69, 9.17) is 4.74 Å². The molecule has 2 N–H and O–H groups in total. The van der Waals surface area contributed by atoms with Crippen molar-refractivity contribution in [3.63, 3.8) is 0 Å². The number of esters is 1. The van der Waals surface area contributed by atoms with Gasteiger partial charge in [0.1, 0.15) is 18.3 Å². The van der Waals surface area contributed by atoms with E-state index in [1.54, 1.807) is 6.08 Å². The molecule has 1 atom stereocenters. The fourth-order valence-corrected chi connectivity index (χ4v) is 3.52. The summed E-state index contributed by atoms with van der Waals surface area (Å²) in [5.74, 6) is -1.99. The normalized spacial score (nSPS) is 16.1. The highest BCUT2D eigenvalue weighted by atomic mass is 16.5. The Morgan fingerprint density at radius 3 is 2.52 bits per heavy atom. The molecule has 3 amide bonds. The lowest BCUT2D eigenvalue weighted by molar-refractivity contribution is -0.152. The smallest absolute Gasteiger partial charge is 0.308 e. The number of amides is 3. The lowest BCUT2D eigenvalue weighted by Gasteiger charge is -2.35. The van der Waals surface area contributed by atoms with Crippen LogP contribution >= 0.6 is 0 Å². The number of carbonyl (C=O) groups excluding carboxylic acids is 4. The van der Waals surface area contributed by atoms with Gasteiger partial charge in [-0.25, -0.2) is 0 Å². The Bertz CT molecular complexity index is 1060. The molecule has 8 heteroatoms. The minimum atomic E-state index is -1.04. The van der Waals surface area contributed by atoms with Crippen molar-refractivity contribution in [1.82, 2.24) is 15.5 Å². The summed E-state index contributed by atoms with van der Waals surface area (Å²) < 4.78 is 5.30. The number of carbonyl (C=O) groups is 4. The third kappa shape index (κ3) is 6.52. The Labute approximate surface area is 192 Å². The maximum atomic E-state index is 13.4. The van der Waals surface area contributed by atoms with Crippen molar-refractivity contribution in [2.75, 3.05) is 13.1 Å². The number of nitrogens with zero attached hydrogens (tertiary/aromatic N) is 1. The molecule has 0 radical (unpaired) electrons. The third-order valence-electron chi connectivity index (χ3n) is 5.22. The number of ether oxygens (including phenoxy) is 1. The zero-order chi connectivity index (χ0) is 23.8. The summed E-state index contributed by atoms with van der Waals surface area (Å²) >= 11 is 0. The summed E-state index contributed by atoms with van der Waals surface area (Å²) in [5, 5.41) is 5.26. The molecule has 0 spiro atoms. The first-order valence-corrected chi connectivity index (χ1v) is 10.7. The average molecular weight is 450 g/mol. The second-order valence-corrected chi connectivity index (χ2v) is 7.75. The van der Waals surface area contributed by atoms with Crippen LogP contribution in [0.25, 0.3) is 6.08 Å². The Morgan fingerprint density at radius 1 is 1.12 bits per heavy atom. The average Bonchev–Trinajstić information content (AvgIpc) is 2.80. The maximum Gasteiger partial charge on any atom is 0.308 e. The number of rotatable bonds is 7. The van der Waals surface area contributed by atoms with Crippen LogP contribution in [0.15, 0.2) is 60.3 Å². The van der Waals surface area contributed by atoms with Crippen LogP contribution in [0.1, 0.15) is 30.0 Å². The Morgan fingerprint density at radius 2 is 1.82 bits per heavy atom. The molecule has 3 rings (SSSR count). The number of benzene rings is 2. The van der Waals surface area contributed by atoms with E-state index in [9.17, 15) is 19.2 Å². The van der Waals surface area contributed by atoms with Gasteiger partial charge in [-0.1, -0.05) is 54.6 Å². The Kier molecular flexibility index (Phi) is 7.96. The van der Waals surface area contributed by atoms with E-state index >= 15 is 0 Å².